The smallest absolute Gasteiger partial charge is 0.339 e. The van der Waals surface area contributed by atoms with Gasteiger partial charge in [-0.25, -0.2) is 4.79 Å². The van der Waals surface area contributed by atoms with Crippen molar-refractivity contribution in [2.45, 2.75) is 19.3 Å². The summed E-state index contributed by atoms with van der Waals surface area (Å²) in [5, 5.41) is 28.0. The standard InChI is InChI=1S/C16H16O4/c1-16(2,10-3-6-12(17)7-4-10)11-5-8-13(15(19)20)14(18)9-11/h3-9,17-18H,1-2H3,(H,19,20). The van der Waals surface area contributed by atoms with Crippen LogP contribution in [0.1, 0.15) is 35.3 Å². The molecule has 0 saturated heterocycles. The molecule has 4 nitrogen and oxygen atoms in total. The van der Waals surface area contributed by atoms with Crippen molar-refractivity contribution in [2.75, 3.05) is 0 Å². The molecule has 0 aliphatic rings. The highest BCUT2D eigenvalue weighted by atomic mass is 16.4. The molecule has 0 spiro atoms. The quantitative estimate of drug-likeness (QED) is 0.802. The lowest BCUT2D eigenvalue weighted by molar-refractivity contribution is 0.0693. The topological polar surface area (TPSA) is 77.8 Å². The van der Waals surface area contributed by atoms with Crippen LogP contribution in [-0.4, -0.2) is 21.3 Å². The van der Waals surface area contributed by atoms with Gasteiger partial charge in [0.2, 0.25) is 0 Å². The van der Waals surface area contributed by atoms with Gasteiger partial charge in [-0.15, -0.1) is 0 Å². The zero-order chi connectivity index (χ0) is 14.9. The summed E-state index contributed by atoms with van der Waals surface area (Å²) in [7, 11) is 0. The van der Waals surface area contributed by atoms with Gasteiger partial charge in [0.25, 0.3) is 0 Å². The van der Waals surface area contributed by atoms with E-state index in [1.54, 1.807) is 30.3 Å². The summed E-state index contributed by atoms with van der Waals surface area (Å²) >= 11 is 0. The van der Waals surface area contributed by atoms with E-state index < -0.39 is 11.4 Å². The third kappa shape index (κ3) is 2.45. The Labute approximate surface area is 116 Å². The van der Waals surface area contributed by atoms with Gasteiger partial charge >= 0.3 is 5.97 Å². The number of hydrogen-bond donors (Lipinski definition) is 3. The largest absolute Gasteiger partial charge is 0.508 e. The number of phenolic OH excluding ortho intramolecular Hbond substituents is 1. The first-order valence-electron chi connectivity index (χ1n) is 6.18. The van der Waals surface area contributed by atoms with Gasteiger partial charge in [0.1, 0.15) is 17.1 Å². The fraction of sp³-hybridized carbons (Fsp3) is 0.188. The van der Waals surface area contributed by atoms with Crippen LogP contribution >= 0.6 is 0 Å². The molecule has 0 bridgehead atoms. The molecular weight excluding hydrogens is 256 g/mol. The predicted octanol–water partition coefficient (Wildman–Crippen LogP) is 3.12. The van der Waals surface area contributed by atoms with E-state index in [4.69, 9.17) is 5.11 Å². The number of carboxylic acid groups (broad SMARTS) is 1. The van der Waals surface area contributed by atoms with Crippen LogP contribution in [0.25, 0.3) is 0 Å². The Morgan fingerprint density at radius 3 is 2.00 bits per heavy atom. The van der Waals surface area contributed by atoms with Crippen LogP contribution in [-0.2, 0) is 5.41 Å². The van der Waals surface area contributed by atoms with E-state index >= 15 is 0 Å². The van der Waals surface area contributed by atoms with Gasteiger partial charge in [0, 0.05) is 5.41 Å². The molecule has 0 heterocycles. The molecule has 20 heavy (non-hydrogen) atoms. The summed E-state index contributed by atoms with van der Waals surface area (Å²) in [6, 6.07) is 11.4. The minimum Gasteiger partial charge on any atom is -0.508 e. The number of phenols is 2. The van der Waals surface area contributed by atoms with Gasteiger partial charge in [0.15, 0.2) is 0 Å². The highest BCUT2D eigenvalue weighted by Crippen LogP contribution is 2.34. The molecule has 104 valence electrons. The molecule has 2 aromatic rings. The van der Waals surface area contributed by atoms with E-state index in [-0.39, 0.29) is 17.1 Å². The summed E-state index contributed by atoms with van der Waals surface area (Å²) in [6.45, 7) is 3.93. The Hall–Kier alpha value is -2.49. The van der Waals surface area contributed by atoms with Gasteiger partial charge in [-0.05, 0) is 35.4 Å². The first kappa shape index (κ1) is 13.9. The minimum absolute atomic E-state index is 0.116. The van der Waals surface area contributed by atoms with Crippen LogP contribution in [0.15, 0.2) is 42.5 Å². The van der Waals surface area contributed by atoms with E-state index in [2.05, 4.69) is 0 Å². The molecule has 0 unspecified atom stereocenters. The van der Waals surface area contributed by atoms with Crippen molar-refractivity contribution in [1.29, 1.82) is 0 Å². The Kier molecular flexibility index (Phi) is 3.40. The number of aromatic carboxylic acids is 1. The number of hydrogen-bond acceptors (Lipinski definition) is 3. The molecule has 0 aromatic heterocycles. The number of benzene rings is 2. The van der Waals surface area contributed by atoms with E-state index in [9.17, 15) is 15.0 Å². The van der Waals surface area contributed by atoms with Crippen molar-refractivity contribution >= 4 is 5.97 Å². The fourth-order valence-corrected chi connectivity index (χ4v) is 2.15. The maximum absolute atomic E-state index is 10.9. The second-order valence-corrected chi connectivity index (χ2v) is 5.21. The SMILES string of the molecule is CC(C)(c1ccc(O)cc1)c1ccc(C(=O)O)c(O)c1. The second-order valence-electron chi connectivity index (χ2n) is 5.21. The monoisotopic (exact) mass is 272 g/mol. The zero-order valence-corrected chi connectivity index (χ0v) is 11.3. The van der Waals surface area contributed by atoms with Crippen molar-refractivity contribution in [2.24, 2.45) is 0 Å². The highest BCUT2D eigenvalue weighted by molar-refractivity contribution is 5.90. The average molecular weight is 272 g/mol. The van der Waals surface area contributed by atoms with Crippen molar-refractivity contribution < 1.29 is 20.1 Å². The van der Waals surface area contributed by atoms with Crippen LogP contribution in [0.3, 0.4) is 0 Å². The number of carboxylic acids is 1. The lowest BCUT2D eigenvalue weighted by Crippen LogP contribution is -2.19. The molecule has 0 radical (unpaired) electrons. The second kappa shape index (κ2) is 4.89. The Balaban J connectivity index is 2.46. The molecule has 4 heteroatoms. The molecule has 3 N–H and O–H groups in total. The lowest BCUT2D eigenvalue weighted by atomic mass is 9.78. The maximum atomic E-state index is 10.9. The van der Waals surface area contributed by atoms with Crippen LogP contribution in [0.4, 0.5) is 0 Å². The summed E-state index contributed by atoms with van der Waals surface area (Å²) in [5.41, 5.74) is 1.22. The molecule has 0 saturated carbocycles. The lowest BCUT2D eigenvalue weighted by Gasteiger charge is -2.26. The summed E-state index contributed by atoms with van der Waals surface area (Å²) in [5.74, 6) is -1.22. The Morgan fingerprint density at radius 1 is 0.950 bits per heavy atom. The van der Waals surface area contributed by atoms with E-state index in [1.807, 2.05) is 13.8 Å². The van der Waals surface area contributed by atoms with E-state index in [0.29, 0.717) is 0 Å². The molecule has 0 amide bonds. The maximum Gasteiger partial charge on any atom is 0.339 e. The summed E-state index contributed by atoms with van der Waals surface area (Å²) in [4.78, 5) is 10.9. The van der Waals surface area contributed by atoms with Crippen molar-refractivity contribution in [3.05, 3.63) is 59.2 Å². The van der Waals surface area contributed by atoms with Gasteiger partial charge in [-0.2, -0.15) is 0 Å². The van der Waals surface area contributed by atoms with Crippen LogP contribution in [0, 0.1) is 0 Å². The van der Waals surface area contributed by atoms with Crippen LogP contribution in [0.2, 0.25) is 0 Å². The number of carbonyl (C=O) groups is 1. The predicted molar refractivity (Wildman–Crippen MR) is 75.3 cm³/mol. The van der Waals surface area contributed by atoms with Gasteiger partial charge < -0.3 is 15.3 Å². The normalized spacial score (nSPS) is 11.3. The van der Waals surface area contributed by atoms with Crippen LogP contribution < -0.4 is 0 Å². The van der Waals surface area contributed by atoms with Gasteiger partial charge in [-0.1, -0.05) is 32.0 Å². The molecule has 0 fully saturated rings. The van der Waals surface area contributed by atoms with Crippen molar-refractivity contribution in [3.63, 3.8) is 0 Å². The third-order valence-corrected chi connectivity index (χ3v) is 3.54. The molecule has 0 aliphatic heterocycles. The molecule has 2 aromatic carbocycles. The molecule has 2 rings (SSSR count). The zero-order valence-electron chi connectivity index (χ0n) is 11.3. The van der Waals surface area contributed by atoms with Crippen LogP contribution in [0.5, 0.6) is 11.5 Å². The van der Waals surface area contributed by atoms with E-state index in [0.717, 1.165) is 11.1 Å². The average Bonchev–Trinajstić information content (AvgIpc) is 2.38. The minimum atomic E-state index is -1.16. The Bertz CT molecular complexity index is 642. The number of rotatable bonds is 3. The molecule has 0 aliphatic carbocycles. The molecular formula is C16H16O4. The highest BCUT2D eigenvalue weighted by Gasteiger charge is 2.24. The Morgan fingerprint density at radius 2 is 1.50 bits per heavy atom. The number of aromatic hydroxyl groups is 2. The third-order valence-electron chi connectivity index (χ3n) is 3.54. The van der Waals surface area contributed by atoms with Gasteiger partial charge in [-0.3, -0.25) is 0 Å². The van der Waals surface area contributed by atoms with Gasteiger partial charge in [0.05, 0.1) is 0 Å². The summed E-state index contributed by atoms with van der Waals surface area (Å²) in [6.07, 6.45) is 0. The van der Waals surface area contributed by atoms with Crippen molar-refractivity contribution in [1.82, 2.24) is 0 Å². The summed E-state index contributed by atoms with van der Waals surface area (Å²) < 4.78 is 0. The first-order chi connectivity index (χ1) is 9.32. The van der Waals surface area contributed by atoms with E-state index in [1.165, 1.54) is 12.1 Å². The fourth-order valence-electron chi connectivity index (χ4n) is 2.15. The first-order valence-corrected chi connectivity index (χ1v) is 6.18. The molecule has 0 atom stereocenters. The van der Waals surface area contributed by atoms with Crippen molar-refractivity contribution in [3.8, 4) is 11.5 Å².